The predicted octanol–water partition coefficient (Wildman–Crippen LogP) is 3.29. The molecule has 2 aliphatic rings. The highest BCUT2D eigenvalue weighted by atomic mass is 16.5. The van der Waals surface area contributed by atoms with Crippen LogP contribution in [0.15, 0.2) is 0 Å². The average Bonchev–Trinajstić information content (AvgIpc) is 2.67. The van der Waals surface area contributed by atoms with Gasteiger partial charge in [-0.25, -0.2) is 0 Å². The molecule has 0 bridgehead atoms. The molecular formula is C18H36N2O. The fraction of sp³-hybridized carbons (Fsp3) is 1.00. The Bertz CT molecular complexity index is 346. The smallest absolute Gasteiger partial charge is 0.0710 e. The maximum absolute atomic E-state index is 6.24. The second-order valence-corrected chi connectivity index (χ2v) is 9.13. The van der Waals surface area contributed by atoms with E-state index < -0.39 is 0 Å². The van der Waals surface area contributed by atoms with Gasteiger partial charge in [0.1, 0.15) is 0 Å². The number of nitrogens with one attached hydrogen (secondary N) is 1. The summed E-state index contributed by atoms with van der Waals surface area (Å²) in [7, 11) is 0. The lowest BCUT2D eigenvalue weighted by molar-refractivity contribution is -0.0458. The van der Waals surface area contributed by atoms with E-state index in [9.17, 15) is 0 Å². The van der Waals surface area contributed by atoms with Crippen molar-refractivity contribution >= 4 is 0 Å². The van der Waals surface area contributed by atoms with Crippen LogP contribution in [-0.2, 0) is 4.74 Å². The Hall–Kier alpha value is -0.120. The van der Waals surface area contributed by atoms with Crippen LogP contribution in [0, 0.1) is 11.3 Å². The van der Waals surface area contributed by atoms with Gasteiger partial charge in [0.15, 0.2) is 0 Å². The highest BCUT2D eigenvalue weighted by molar-refractivity contribution is 4.94. The van der Waals surface area contributed by atoms with E-state index in [4.69, 9.17) is 4.74 Å². The molecule has 0 saturated carbocycles. The zero-order valence-electron chi connectivity index (χ0n) is 15.2. The summed E-state index contributed by atoms with van der Waals surface area (Å²) in [4.78, 5) is 2.70. The summed E-state index contributed by atoms with van der Waals surface area (Å²) in [6.07, 6.45) is 2.82. The molecule has 2 heterocycles. The number of nitrogens with zero attached hydrogens (tertiary/aromatic N) is 1. The fourth-order valence-corrected chi connectivity index (χ4v) is 3.74. The Morgan fingerprint density at radius 2 is 1.95 bits per heavy atom. The van der Waals surface area contributed by atoms with E-state index >= 15 is 0 Å². The van der Waals surface area contributed by atoms with Gasteiger partial charge in [0.25, 0.3) is 0 Å². The van der Waals surface area contributed by atoms with Gasteiger partial charge in [0.2, 0.25) is 0 Å². The van der Waals surface area contributed by atoms with Gasteiger partial charge in [-0.15, -0.1) is 0 Å². The number of ether oxygens (including phenoxy) is 1. The summed E-state index contributed by atoms with van der Waals surface area (Å²) in [5.74, 6) is 0.688. The Balaban J connectivity index is 2.01. The van der Waals surface area contributed by atoms with Crippen LogP contribution >= 0.6 is 0 Å². The van der Waals surface area contributed by atoms with Crippen LogP contribution in [0.4, 0.5) is 0 Å². The molecule has 3 unspecified atom stereocenters. The van der Waals surface area contributed by atoms with Crippen LogP contribution in [0.25, 0.3) is 0 Å². The standard InChI is InChI=1S/C18H36N2O/c1-13(2)15-10-19-16(17(3,4)5)12-20(15)11-14-8-9-18(6,7)21-14/h13-16,19H,8-12H2,1-7H3. The van der Waals surface area contributed by atoms with Crippen molar-refractivity contribution in [2.24, 2.45) is 11.3 Å². The predicted molar refractivity (Wildman–Crippen MR) is 89.6 cm³/mol. The van der Waals surface area contributed by atoms with Gasteiger partial charge in [0.05, 0.1) is 11.7 Å². The molecule has 3 atom stereocenters. The largest absolute Gasteiger partial charge is 0.371 e. The summed E-state index contributed by atoms with van der Waals surface area (Å²) in [5, 5.41) is 3.78. The fourth-order valence-electron chi connectivity index (χ4n) is 3.74. The van der Waals surface area contributed by atoms with Crippen LogP contribution in [0.1, 0.15) is 61.3 Å². The summed E-state index contributed by atoms with van der Waals surface area (Å²) in [6, 6.07) is 1.21. The molecule has 0 aromatic carbocycles. The molecule has 0 radical (unpaired) electrons. The third-order valence-electron chi connectivity index (χ3n) is 5.27. The Morgan fingerprint density at radius 3 is 2.43 bits per heavy atom. The van der Waals surface area contributed by atoms with Crippen molar-refractivity contribution in [2.45, 2.75) is 85.1 Å². The third-order valence-corrected chi connectivity index (χ3v) is 5.27. The van der Waals surface area contributed by atoms with Gasteiger partial charge >= 0.3 is 0 Å². The molecule has 0 amide bonds. The van der Waals surface area contributed by atoms with E-state index in [-0.39, 0.29) is 5.60 Å². The minimum Gasteiger partial charge on any atom is -0.371 e. The molecule has 124 valence electrons. The number of hydrogen-bond donors (Lipinski definition) is 1. The summed E-state index contributed by atoms with van der Waals surface area (Å²) >= 11 is 0. The van der Waals surface area contributed by atoms with Crippen molar-refractivity contribution < 1.29 is 4.74 Å². The van der Waals surface area contributed by atoms with Crippen LogP contribution in [0.5, 0.6) is 0 Å². The van der Waals surface area contributed by atoms with Gasteiger partial charge in [-0.2, -0.15) is 0 Å². The van der Waals surface area contributed by atoms with Gasteiger partial charge in [-0.3, -0.25) is 4.90 Å². The monoisotopic (exact) mass is 296 g/mol. The molecule has 2 fully saturated rings. The lowest BCUT2D eigenvalue weighted by Crippen LogP contribution is -2.62. The van der Waals surface area contributed by atoms with Crippen molar-refractivity contribution in [2.75, 3.05) is 19.6 Å². The van der Waals surface area contributed by atoms with Crippen molar-refractivity contribution in [1.82, 2.24) is 10.2 Å². The van der Waals surface area contributed by atoms with Gasteiger partial charge in [0, 0.05) is 31.7 Å². The summed E-state index contributed by atoms with van der Waals surface area (Å²) in [6.45, 7) is 19.5. The maximum Gasteiger partial charge on any atom is 0.0710 e. The minimum absolute atomic E-state index is 0.0788. The highest BCUT2D eigenvalue weighted by Gasteiger charge is 2.38. The highest BCUT2D eigenvalue weighted by Crippen LogP contribution is 2.32. The molecule has 2 rings (SSSR count). The molecule has 2 aliphatic heterocycles. The molecule has 0 aromatic heterocycles. The van der Waals surface area contributed by atoms with Crippen LogP contribution < -0.4 is 5.32 Å². The second-order valence-electron chi connectivity index (χ2n) is 9.13. The number of hydrogen-bond acceptors (Lipinski definition) is 3. The summed E-state index contributed by atoms with van der Waals surface area (Å²) in [5.41, 5.74) is 0.394. The molecular weight excluding hydrogens is 260 g/mol. The van der Waals surface area contributed by atoms with E-state index in [1.54, 1.807) is 0 Å². The Kier molecular flexibility index (Phi) is 5.07. The molecule has 3 nitrogen and oxygen atoms in total. The van der Waals surface area contributed by atoms with Crippen LogP contribution in [-0.4, -0.2) is 48.3 Å². The first-order valence-corrected chi connectivity index (χ1v) is 8.74. The Morgan fingerprint density at radius 1 is 1.29 bits per heavy atom. The topological polar surface area (TPSA) is 24.5 Å². The van der Waals surface area contributed by atoms with E-state index in [2.05, 4.69) is 58.7 Å². The Labute approximate surface area is 131 Å². The molecule has 0 spiro atoms. The molecule has 3 heteroatoms. The first-order chi connectivity index (χ1) is 9.58. The molecule has 2 saturated heterocycles. The van der Waals surface area contributed by atoms with Gasteiger partial charge in [-0.1, -0.05) is 34.6 Å². The van der Waals surface area contributed by atoms with Crippen molar-refractivity contribution in [1.29, 1.82) is 0 Å². The average molecular weight is 296 g/mol. The lowest BCUT2D eigenvalue weighted by Gasteiger charge is -2.47. The third kappa shape index (κ3) is 4.43. The van der Waals surface area contributed by atoms with Crippen LogP contribution in [0.3, 0.4) is 0 Å². The van der Waals surface area contributed by atoms with Crippen molar-refractivity contribution in [3.63, 3.8) is 0 Å². The van der Waals surface area contributed by atoms with E-state index in [1.807, 2.05) is 0 Å². The number of rotatable bonds is 3. The normalized spacial score (nSPS) is 34.6. The zero-order valence-corrected chi connectivity index (χ0v) is 15.2. The first kappa shape index (κ1) is 17.2. The molecule has 1 N–H and O–H groups in total. The second kappa shape index (κ2) is 6.17. The number of piperazine rings is 1. The van der Waals surface area contributed by atoms with Crippen molar-refractivity contribution in [3.05, 3.63) is 0 Å². The molecule has 21 heavy (non-hydrogen) atoms. The van der Waals surface area contributed by atoms with E-state index in [0.29, 0.717) is 29.5 Å². The molecule has 0 aliphatic carbocycles. The lowest BCUT2D eigenvalue weighted by atomic mass is 9.83. The van der Waals surface area contributed by atoms with Gasteiger partial charge in [-0.05, 0) is 38.0 Å². The minimum atomic E-state index is 0.0788. The summed E-state index contributed by atoms with van der Waals surface area (Å²) < 4.78 is 6.24. The van der Waals surface area contributed by atoms with Gasteiger partial charge < -0.3 is 10.1 Å². The van der Waals surface area contributed by atoms with E-state index in [0.717, 1.165) is 19.6 Å². The van der Waals surface area contributed by atoms with Crippen LogP contribution in [0.2, 0.25) is 0 Å². The van der Waals surface area contributed by atoms with Crippen molar-refractivity contribution in [3.8, 4) is 0 Å². The zero-order chi connectivity index (χ0) is 15.8. The maximum atomic E-state index is 6.24. The molecule has 0 aromatic rings. The van der Waals surface area contributed by atoms with E-state index in [1.165, 1.54) is 12.8 Å². The SMILES string of the molecule is CC(C)C1CNC(C(C)(C)C)CN1CC1CCC(C)(C)O1. The first-order valence-electron chi connectivity index (χ1n) is 8.74. The quantitative estimate of drug-likeness (QED) is 0.865.